The van der Waals surface area contributed by atoms with Crippen LogP contribution >= 0.6 is 0 Å². The zero-order valence-electron chi connectivity index (χ0n) is 21.1. The van der Waals surface area contributed by atoms with Crippen LogP contribution in [-0.4, -0.2) is 61.0 Å². The first-order valence-corrected chi connectivity index (χ1v) is 13.2. The molecule has 1 saturated heterocycles. The van der Waals surface area contributed by atoms with Gasteiger partial charge in [-0.3, -0.25) is 14.0 Å². The van der Waals surface area contributed by atoms with Crippen LogP contribution in [0.2, 0.25) is 0 Å². The predicted octanol–water partition coefficient (Wildman–Crippen LogP) is 4.44. The Balaban J connectivity index is 1.40. The lowest BCUT2D eigenvalue weighted by atomic mass is 9.97. The highest BCUT2D eigenvalue weighted by Crippen LogP contribution is 2.42. The minimum absolute atomic E-state index is 0.0401. The molecule has 4 aromatic rings. The molecule has 10 heteroatoms. The number of benzene rings is 1. The van der Waals surface area contributed by atoms with E-state index in [2.05, 4.69) is 4.98 Å². The lowest BCUT2D eigenvalue weighted by molar-refractivity contribution is -0.119. The molecular formula is C29H25F2N5O3. The highest BCUT2D eigenvalue weighted by molar-refractivity contribution is 6.51. The van der Waals surface area contributed by atoms with Gasteiger partial charge >= 0.3 is 6.03 Å². The highest BCUT2D eigenvalue weighted by Gasteiger charge is 2.37. The Morgan fingerprint density at radius 2 is 1.72 bits per heavy atom. The van der Waals surface area contributed by atoms with Gasteiger partial charge in [-0.05, 0) is 43.0 Å². The van der Waals surface area contributed by atoms with Gasteiger partial charge in [0.2, 0.25) is 0 Å². The number of rotatable bonds is 2. The van der Waals surface area contributed by atoms with Crippen molar-refractivity contribution in [3.05, 3.63) is 71.3 Å². The van der Waals surface area contributed by atoms with E-state index in [4.69, 9.17) is 0 Å². The topological polar surface area (TPSA) is 79.9 Å². The summed E-state index contributed by atoms with van der Waals surface area (Å²) in [6, 6.07) is 6.42. The average Bonchev–Trinajstić information content (AvgIpc) is 3.58. The van der Waals surface area contributed by atoms with E-state index in [0.717, 1.165) is 25.3 Å². The second-order valence-electron chi connectivity index (χ2n) is 10.4. The smallest absolute Gasteiger partial charge is 0.320 e. The van der Waals surface area contributed by atoms with Gasteiger partial charge in [-0.1, -0.05) is 6.07 Å². The summed E-state index contributed by atoms with van der Waals surface area (Å²) in [6.45, 7) is 2.19. The van der Waals surface area contributed by atoms with E-state index in [0.29, 0.717) is 48.6 Å². The Bertz CT molecular complexity index is 1740. The summed E-state index contributed by atoms with van der Waals surface area (Å²) in [5.74, 6) is -2.96. The molecule has 0 saturated carbocycles. The number of likely N-dealkylation sites (tertiary alicyclic amines) is 1. The Morgan fingerprint density at radius 1 is 0.923 bits per heavy atom. The van der Waals surface area contributed by atoms with Crippen molar-refractivity contribution in [2.75, 3.05) is 19.6 Å². The molecule has 2 aliphatic heterocycles. The quantitative estimate of drug-likeness (QED) is 0.360. The number of amides is 2. The maximum atomic E-state index is 15.6. The summed E-state index contributed by atoms with van der Waals surface area (Å²) in [7, 11) is 0. The van der Waals surface area contributed by atoms with Gasteiger partial charge in [-0.25, -0.2) is 18.6 Å². The van der Waals surface area contributed by atoms with Crippen molar-refractivity contribution in [1.82, 2.24) is 23.8 Å². The zero-order valence-corrected chi connectivity index (χ0v) is 21.1. The Kier molecular flexibility index (Phi) is 5.40. The van der Waals surface area contributed by atoms with Crippen LogP contribution in [0.5, 0.6) is 0 Å². The molecule has 0 unspecified atom stereocenters. The van der Waals surface area contributed by atoms with Crippen molar-refractivity contribution < 1.29 is 23.2 Å². The molecule has 39 heavy (non-hydrogen) atoms. The fraction of sp³-hybridized carbons (Fsp3) is 0.310. The van der Waals surface area contributed by atoms with Crippen LogP contribution in [-0.2, 0) is 22.7 Å². The molecule has 198 valence electrons. The van der Waals surface area contributed by atoms with Crippen molar-refractivity contribution in [3.63, 3.8) is 0 Å². The number of ketones is 2. The molecule has 0 bridgehead atoms. The monoisotopic (exact) mass is 529 g/mol. The van der Waals surface area contributed by atoms with Crippen LogP contribution in [0, 0.1) is 11.6 Å². The maximum absolute atomic E-state index is 15.6. The number of Topliss-reactive ketones (excluding diaryl/α,β-unsaturated/α-hetero) is 2. The third-order valence-corrected chi connectivity index (χ3v) is 8.05. The van der Waals surface area contributed by atoms with E-state index in [-0.39, 0.29) is 46.9 Å². The van der Waals surface area contributed by atoms with Gasteiger partial charge < -0.3 is 14.4 Å². The van der Waals surface area contributed by atoms with Crippen LogP contribution in [0.15, 0.2) is 42.9 Å². The van der Waals surface area contributed by atoms with Gasteiger partial charge in [-0.15, -0.1) is 0 Å². The molecule has 0 radical (unpaired) electrons. The van der Waals surface area contributed by atoms with Gasteiger partial charge in [0.15, 0.2) is 23.2 Å². The number of imidazole rings is 1. The standard InChI is InChI=1S/C29H25F2N5O3/c30-19-12-17-15-35(29(39)33-7-3-1-4-8-33)11-10-34-16-18(25(27(19)31)28(17)34)24-21(37)13-22(38)26(24)20-14-32-23-6-2-5-9-36(20)23/h2,5-6,9,12,14,16H,1,3-4,7-8,10-11,13,15H2. The van der Waals surface area contributed by atoms with Crippen molar-refractivity contribution in [1.29, 1.82) is 0 Å². The summed E-state index contributed by atoms with van der Waals surface area (Å²) in [5.41, 5.74) is 2.35. The van der Waals surface area contributed by atoms with Gasteiger partial charge in [0, 0.05) is 61.6 Å². The molecule has 1 fully saturated rings. The molecule has 1 aliphatic carbocycles. The van der Waals surface area contributed by atoms with E-state index in [9.17, 15) is 14.4 Å². The molecule has 3 aliphatic rings. The number of carbonyl (C=O) groups is 3. The van der Waals surface area contributed by atoms with E-state index in [1.165, 1.54) is 6.20 Å². The largest absolute Gasteiger partial charge is 0.345 e. The summed E-state index contributed by atoms with van der Waals surface area (Å²) in [6.07, 6.45) is 7.54. The van der Waals surface area contributed by atoms with Crippen LogP contribution in [0.3, 0.4) is 0 Å². The lowest BCUT2D eigenvalue weighted by Crippen LogP contribution is -2.45. The van der Waals surface area contributed by atoms with Crippen LogP contribution in [0.25, 0.3) is 27.7 Å². The number of fused-ring (bicyclic) bond motifs is 1. The van der Waals surface area contributed by atoms with Crippen molar-refractivity contribution in [2.45, 2.75) is 38.8 Å². The van der Waals surface area contributed by atoms with E-state index in [1.807, 2.05) is 11.0 Å². The fourth-order valence-electron chi connectivity index (χ4n) is 6.25. The fourth-order valence-corrected chi connectivity index (χ4v) is 6.25. The van der Waals surface area contributed by atoms with Crippen LogP contribution in [0.1, 0.15) is 42.5 Å². The SMILES string of the molecule is O=C1CC(=O)C(c2cnc3ccccn23)=C1c1cn2c3c(cc(F)c(F)c13)CN(C(=O)N1CCCCC1)CC2. The van der Waals surface area contributed by atoms with E-state index < -0.39 is 17.4 Å². The zero-order chi connectivity index (χ0) is 26.8. The summed E-state index contributed by atoms with van der Waals surface area (Å²) < 4.78 is 34.2. The second-order valence-corrected chi connectivity index (χ2v) is 10.4. The molecule has 0 atom stereocenters. The minimum Gasteiger partial charge on any atom is -0.345 e. The number of hydrogen-bond donors (Lipinski definition) is 0. The number of halogens is 2. The van der Waals surface area contributed by atoms with Crippen LogP contribution < -0.4 is 0 Å². The number of urea groups is 1. The molecule has 0 spiro atoms. The highest BCUT2D eigenvalue weighted by atomic mass is 19.2. The normalized spacial score (nSPS) is 18.1. The number of hydrogen-bond acceptors (Lipinski definition) is 4. The molecule has 2 amide bonds. The number of nitrogens with zero attached hydrogens (tertiary/aromatic N) is 5. The first kappa shape index (κ1) is 23.8. The Morgan fingerprint density at radius 3 is 2.54 bits per heavy atom. The molecule has 3 aromatic heterocycles. The average molecular weight is 530 g/mol. The molecule has 1 aromatic carbocycles. The minimum atomic E-state index is -1.07. The first-order valence-electron chi connectivity index (χ1n) is 13.2. The number of piperidine rings is 1. The third-order valence-electron chi connectivity index (χ3n) is 8.05. The number of carbonyl (C=O) groups excluding carboxylic acids is 3. The molecule has 5 heterocycles. The van der Waals surface area contributed by atoms with Crippen LogP contribution in [0.4, 0.5) is 13.6 Å². The Labute approximate surface area is 222 Å². The summed E-state index contributed by atoms with van der Waals surface area (Å²) in [4.78, 5) is 47.5. The lowest BCUT2D eigenvalue weighted by Gasteiger charge is -2.32. The predicted molar refractivity (Wildman–Crippen MR) is 140 cm³/mol. The summed E-state index contributed by atoms with van der Waals surface area (Å²) >= 11 is 0. The molecule has 0 N–H and O–H groups in total. The van der Waals surface area contributed by atoms with Crippen molar-refractivity contribution in [2.24, 2.45) is 0 Å². The third kappa shape index (κ3) is 3.61. The second kappa shape index (κ2) is 8.86. The number of allylic oxidation sites excluding steroid dienone is 2. The first-order chi connectivity index (χ1) is 18.9. The van der Waals surface area contributed by atoms with Gasteiger partial charge in [-0.2, -0.15) is 0 Å². The molecular weight excluding hydrogens is 504 g/mol. The van der Waals surface area contributed by atoms with Gasteiger partial charge in [0.1, 0.15) is 5.65 Å². The van der Waals surface area contributed by atoms with E-state index >= 15 is 8.78 Å². The Hall–Kier alpha value is -4.34. The van der Waals surface area contributed by atoms with Crippen molar-refractivity contribution in [3.8, 4) is 0 Å². The molecule has 8 nitrogen and oxygen atoms in total. The number of aromatic nitrogens is 3. The summed E-state index contributed by atoms with van der Waals surface area (Å²) in [5, 5.41) is -0.0401. The van der Waals surface area contributed by atoms with Crippen molar-refractivity contribution >= 4 is 45.3 Å². The number of pyridine rings is 1. The van der Waals surface area contributed by atoms with E-state index in [1.54, 1.807) is 38.4 Å². The van der Waals surface area contributed by atoms with Gasteiger partial charge in [0.05, 0.1) is 29.4 Å². The maximum Gasteiger partial charge on any atom is 0.320 e. The molecule has 7 rings (SSSR count). The van der Waals surface area contributed by atoms with Gasteiger partial charge in [0.25, 0.3) is 0 Å².